The van der Waals surface area contributed by atoms with Gasteiger partial charge in [0.2, 0.25) is 0 Å². The van der Waals surface area contributed by atoms with Crippen molar-refractivity contribution in [1.82, 2.24) is 4.98 Å². The van der Waals surface area contributed by atoms with Crippen LogP contribution in [0.2, 0.25) is 0 Å². The van der Waals surface area contributed by atoms with Crippen molar-refractivity contribution in [1.29, 1.82) is 5.26 Å². The average molecular weight is 390 g/mol. The normalized spacial score (nSPS) is 11.6. The van der Waals surface area contributed by atoms with E-state index < -0.39 is 20.2 Å². The highest BCUT2D eigenvalue weighted by Gasteiger charge is 2.12. The maximum atomic E-state index is 11.4. The second-order valence-corrected chi connectivity index (χ2v) is 7.96. The third-order valence-electron chi connectivity index (χ3n) is 2.90. The molecular weight excluding hydrogens is 372 g/mol. The first kappa shape index (κ1) is 20.8. The second kappa shape index (κ2) is 8.77. The number of pyridine rings is 1. The Bertz CT molecular complexity index is 875. The van der Waals surface area contributed by atoms with Crippen molar-refractivity contribution in [2.24, 2.45) is 0 Å². The molecule has 12 heteroatoms. The van der Waals surface area contributed by atoms with Crippen LogP contribution in [0.15, 0.2) is 18.1 Å². The first-order valence-electron chi connectivity index (χ1n) is 6.94. The summed E-state index contributed by atoms with van der Waals surface area (Å²) in [6, 6.07) is 3.55. The molecule has 0 aliphatic rings. The molecule has 0 radical (unpaired) electrons. The van der Waals surface area contributed by atoms with Gasteiger partial charge in [0, 0.05) is 18.5 Å². The molecule has 0 amide bonds. The molecular formula is C13H18N4O6S2. The molecule has 0 saturated carbocycles. The van der Waals surface area contributed by atoms with E-state index in [4.69, 9.17) is 4.55 Å². The Kier molecular flexibility index (Phi) is 7.31. The molecule has 0 bridgehead atoms. The molecule has 138 valence electrons. The van der Waals surface area contributed by atoms with Crippen molar-refractivity contribution in [3.8, 4) is 6.07 Å². The number of hydrogen-bond acceptors (Lipinski definition) is 9. The van der Waals surface area contributed by atoms with E-state index in [0.717, 1.165) is 5.41 Å². The number of nitrogens with zero attached hydrogens (tertiary/aromatic N) is 2. The Morgan fingerprint density at radius 3 is 2.60 bits per heavy atom. The van der Waals surface area contributed by atoms with Crippen molar-refractivity contribution >= 4 is 31.9 Å². The van der Waals surface area contributed by atoms with Gasteiger partial charge in [-0.2, -0.15) is 13.7 Å². The maximum absolute atomic E-state index is 11.4. The minimum absolute atomic E-state index is 0.0302. The first-order chi connectivity index (χ1) is 11.6. The lowest BCUT2D eigenvalue weighted by Gasteiger charge is -2.12. The third kappa shape index (κ3) is 7.48. The van der Waals surface area contributed by atoms with E-state index >= 15 is 0 Å². The molecule has 1 rings (SSSR count). The molecule has 0 fully saturated rings. The van der Waals surface area contributed by atoms with Gasteiger partial charge in [0.1, 0.15) is 17.7 Å². The molecule has 0 atom stereocenters. The van der Waals surface area contributed by atoms with Gasteiger partial charge >= 0.3 is 10.4 Å². The summed E-state index contributed by atoms with van der Waals surface area (Å²) in [5.74, 6) is 0.312. The Balaban J connectivity index is 2.81. The number of anilines is 2. The van der Waals surface area contributed by atoms with Crippen LogP contribution in [0.4, 0.5) is 11.6 Å². The SMILES string of the molecule is C=CS(=O)(=O)CCNc1nc(NCCOS(=O)(=O)O)cc(C)c1C#N. The predicted octanol–water partition coefficient (Wildman–Crippen LogP) is 0.463. The maximum Gasteiger partial charge on any atom is 0.397 e. The minimum Gasteiger partial charge on any atom is -0.368 e. The lowest BCUT2D eigenvalue weighted by atomic mass is 10.1. The molecule has 1 aromatic heterocycles. The number of hydrogen-bond donors (Lipinski definition) is 3. The summed E-state index contributed by atoms with van der Waals surface area (Å²) < 4.78 is 56.3. The van der Waals surface area contributed by atoms with Gasteiger partial charge in [-0.1, -0.05) is 6.58 Å². The fourth-order valence-electron chi connectivity index (χ4n) is 1.75. The lowest BCUT2D eigenvalue weighted by molar-refractivity contribution is 0.278. The molecule has 0 aromatic carbocycles. The van der Waals surface area contributed by atoms with Crippen LogP contribution in [-0.2, 0) is 24.4 Å². The number of aromatic nitrogens is 1. The van der Waals surface area contributed by atoms with Crippen molar-refractivity contribution < 1.29 is 25.6 Å². The van der Waals surface area contributed by atoms with Crippen LogP contribution in [-0.4, -0.2) is 51.8 Å². The lowest BCUT2D eigenvalue weighted by Crippen LogP contribution is -2.17. The summed E-state index contributed by atoms with van der Waals surface area (Å²) in [6.07, 6.45) is 0. The molecule has 0 aliphatic heterocycles. The summed E-state index contributed by atoms with van der Waals surface area (Å²) >= 11 is 0. The standard InChI is InChI=1S/C13H18N4O6S2/c1-3-24(18,19)7-5-16-13-11(9-14)10(2)8-12(17-13)15-4-6-23-25(20,21)22/h3,8H,1,4-7H2,2H3,(H2,15,16,17)(H,20,21,22). The molecule has 0 unspecified atom stereocenters. The summed E-state index contributed by atoms with van der Waals surface area (Å²) in [6.45, 7) is 4.63. The summed E-state index contributed by atoms with van der Waals surface area (Å²) in [5, 5.41) is 15.6. The molecule has 10 nitrogen and oxygen atoms in total. The summed E-state index contributed by atoms with van der Waals surface area (Å²) in [7, 11) is -7.90. The number of nitrogens with one attached hydrogen (secondary N) is 2. The highest BCUT2D eigenvalue weighted by Crippen LogP contribution is 2.20. The van der Waals surface area contributed by atoms with Crippen LogP contribution >= 0.6 is 0 Å². The average Bonchev–Trinajstić information content (AvgIpc) is 2.50. The van der Waals surface area contributed by atoms with Crippen molar-refractivity contribution in [2.75, 3.05) is 36.1 Å². The molecule has 3 N–H and O–H groups in total. The largest absolute Gasteiger partial charge is 0.397 e. The molecule has 1 aromatic rings. The van der Waals surface area contributed by atoms with Crippen LogP contribution in [0.25, 0.3) is 0 Å². The van der Waals surface area contributed by atoms with Crippen molar-refractivity contribution in [3.05, 3.63) is 29.2 Å². The number of aryl methyl sites for hydroxylation is 1. The predicted molar refractivity (Wildman–Crippen MR) is 92.2 cm³/mol. The van der Waals surface area contributed by atoms with E-state index in [1.54, 1.807) is 13.0 Å². The smallest absolute Gasteiger partial charge is 0.368 e. The van der Waals surface area contributed by atoms with Gasteiger partial charge < -0.3 is 10.6 Å². The van der Waals surface area contributed by atoms with Gasteiger partial charge in [-0.05, 0) is 18.6 Å². The fourth-order valence-corrected chi connectivity index (χ4v) is 2.60. The highest BCUT2D eigenvalue weighted by atomic mass is 32.3. The van der Waals surface area contributed by atoms with Crippen molar-refractivity contribution in [2.45, 2.75) is 6.92 Å². The quantitative estimate of drug-likeness (QED) is 0.378. The van der Waals surface area contributed by atoms with E-state index in [9.17, 15) is 22.1 Å². The monoisotopic (exact) mass is 390 g/mol. The van der Waals surface area contributed by atoms with E-state index in [-0.39, 0.29) is 36.8 Å². The Morgan fingerprint density at radius 1 is 1.36 bits per heavy atom. The van der Waals surface area contributed by atoms with Gasteiger partial charge in [0.25, 0.3) is 0 Å². The Labute approximate surface area is 146 Å². The minimum atomic E-state index is -4.51. The second-order valence-electron chi connectivity index (χ2n) is 4.80. The summed E-state index contributed by atoms with van der Waals surface area (Å²) in [4.78, 5) is 4.15. The first-order valence-corrected chi connectivity index (χ1v) is 10.0. The van der Waals surface area contributed by atoms with Crippen LogP contribution in [0.5, 0.6) is 0 Å². The van der Waals surface area contributed by atoms with Crippen molar-refractivity contribution in [3.63, 3.8) is 0 Å². The summed E-state index contributed by atoms with van der Waals surface area (Å²) in [5.41, 5.74) is 0.848. The third-order valence-corrected chi connectivity index (χ3v) is 4.65. The topological polar surface area (TPSA) is 158 Å². The Morgan fingerprint density at radius 2 is 2.04 bits per heavy atom. The molecule has 0 spiro atoms. The Hall–Kier alpha value is -2.20. The van der Waals surface area contributed by atoms with E-state index in [1.165, 1.54) is 0 Å². The van der Waals surface area contributed by atoms with Gasteiger partial charge in [-0.3, -0.25) is 4.55 Å². The zero-order valence-corrected chi connectivity index (χ0v) is 15.0. The van der Waals surface area contributed by atoms with Gasteiger partial charge in [0.05, 0.1) is 17.9 Å². The number of rotatable bonds is 10. The fraction of sp³-hybridized carbons (Fsp3) is 0.385. The zero-order chi connectivity index (χ0) is 19.1. The molecule has 25 heavy (non-hydrogen) atoms. The van der Waals surface area contributed by atoms with Crippen LogP contribution in [0.3, 0.4) is 0 Å². The molecule has 0 aliphatic carbocycles. The zero-order valence-electron chi connectivity index (χ0n) is 13.4. The van der Waals surface area contributed by atoms with Gasteiger partial charge in [0.15, 0.2) is 9.84 Å². The van der Waals surface area contributed by atoms with Crippen LogP contribution in [0, 0.1) is 18.3 Å². The number of nitriles is 1. The molecule has 1 heterocycles. The highest BCUT2D eigenvalue weighted by molar-refractivity contribution is 7.94. The molecule has 0 saturated heterocycles. The van der Waals surface area contributed by atoms with Crippen LogP contribution < -0.4 is 10.6 Å². The van der Waals surface area contributed by atoms with Gasteiger partial charge in [-0.25, -0.2) is 17.6 Å². The van der Waals surface area contributed by atoms with E-state index in [2.05, 4.69) is 26.4 Å². The van der Waals surface area contributed by atoms with Crippen LogP contribution in [0.1, 0.15) is 11.1 Å². The van der Waals surface area contributed by atoms with E-state index in [1.807, 2.05) is 6.07 Å². The van der Waals surface area contributed by atoms with E-state index in [0.29, 0.717) is 11.4 Å². The number of sulfone groups is 1. The van der Waals surface area contributed by atoms with Gasteiger partial charge in [-0.15, -0.1) is 0 Å².